The van der Waals surface area contributed by atoms with Crippen LogP contribution in [0.15, 0.2) is 18.2 Å². The molecule has 1 aromatic rings. The first-order valence-electron chi connectivity index (χ1n) is 6.99. The number of hydrogen-bond donors (Lipinski definition) is 1. The topological polar surface area (TPSA) is 49.8 Å². The van der Waals surface area contributed by atoms with E-state index in [9.17, 15) is 9.90 Å². The van der Waals surface area contributed by atoms with Gasteiger partial charge in [0, 0.05) is 19.2 Å². The van der Waals surface area contributed by atoms with Crippen LogP contribution in [0.4, 0.5) is 0 Å². The molecule has 1 heterocycles. The molecule has 1 aliphatic rings. The lowest BCUT2D eigenvalue weighted by Crippen LogP contribution is -2.31. The lowest BCUT2D eigenvalue weighted by Gasteiger charge is -2.27. The fraction of sp³-hybridized carbons (Fsp3) is 0.562. The highest BCUT2D eigenvalue weighted by Gasteiger charge is 2.34. The monoisotopic (exact) mass is 277 g/mol. The number of methoxy groups -OCH3 is 1. The van der Waals surface area contributed by atoms with Crippen molar-refractivity contribution in [3.05, 3.63) is 23.8 Å². The number of rotatable bonds is 2. The van der Waals surface area contributed by atoms with Crippen LogP contribution in [0.5, 0.6) is 11.5 Å². The van der Waals surface area contributed by atoms with Gasteiger partial charge < -0.3 is 14.7 Å². The summed E-state index contributed by atoms with van der Waals surface area (Å²) >= 11 is 0. The quantitative estimate of drug-likeness (QED) is 0.904. The van der Waals surface area contributed by atoms with E-state index in [0.29, 0.717) is 17.2 Å². The van der Waals surface area contributed by atoms with Gasteiger partial charge in [-0.1, -0.05) is 20.8 Å². The molecule has 2 rings (SSSR count). The van der Waals surface area contributed by atoms with Gasteiger partial charge in [-0.2, -0.15) is 0 Å². The average molecular weight is 277 g/mol. The number of benzene rings is 1. The molecular formula is C16H23NO3. The molecule has 4 heteroatoms. The summed E-state index contributed by atoms with van der Waals surface area (Å²) in [6.45, 7) is 8.13. The molecule has 1 unspecified atom stereocenters. The highest BCUT2D eigenvalue weighted by atomic mass is 16.5. The molecule has 0 aliphatic carbocycles. The molecule has 0 spiro atoms. The van der Waals surface area contributed by atoms with Crippen LogP contribution in [-0.2, 0) is 0 Å². The Morgan fingerprint density at radius 1 is 1.40 bits per heavy atom. The van der Waals surface area contributed by atoms with Crippen molar-refractivity contribution >= 4 is 5.91 Å². The first-order chi connectivity index (χ1) is 9.32. The number of amides is 1. The molecule has 1 amide bonds. The molecule has 1 N–H and O–H groups in total. The van der Waals surface area contributed by atoms with Gasteiger partial charge in [-0.25, -0.2) is 0 Å². The summed E-state index contributed by atoms with van der Waals surface area (Å²) < 4.78 is 5.03. The second-order valence-corrected chi connectivity index (χ2v) is 6.49. The van der Waals surface area contributed by atoms with Crippen molar-refractivity contribution in [2.45, 2.75) is 27.2 Å². The van der Waals surface area contributed by atoms with Crippen LogP contribution in [0.1, 0.15) is 37.6 Å². The number of aromatic hydroxyl groups is 1. The zero-order valence-corrected chi connectivity index (χ0v) is 12.6. The third-order valence-electron chi connectivity index (χ3n) is 4.14. The molecule has 0 aromatic heterocycles. The number of nitrogens with zero attached hydrogens (tertiary/aromatic N) is 1. The van der Waals surface area contributed by atoms with Crippen molar-refractivity contribution in [1.82, 2.24) is 4.90 Å². The normalized spacial score (nSPS) is 19.2. The third-order valence-corrected chi connectivity index (χ3v) is 4.14. The van der Waals surface area contributed by atoms with Crippen molar-refractivity contribution < 1.29 is 14.6 Å². The molecule has 110 valence electrons. The summed E-state index contributed by atoms with van der Waals surface area (Å²) in [6, 6.07) is 4.80. The number of phenolic OH excluding ortho intramolecular Hbond substituents is 1. The van der Waals surface area contributed by atoms with Crippen LogP contribution < -0.4 is 4.74 Å². The minimum atomic E-state index is -0.100. The summed E-state index contributed by atoms with van der Waals surface area (Å²) in [6.07, 6.45) is 1.02. The van der Waals surface area contributed by atoms with Gasteiger partial charge in [-0.15, -0.1) is 0 Å². The third kappa shape index (κ3) is 2.89. The van der Waals surface area contributed by atoms with E-state index in [4.69, 9.17) is 4.74 Å². The van der Waals surface area contributed by atoms with Crippen LogP contribution in [0.25, 0.3) is 0 Å². The predicted octanol–water partition coefficient (Wildman–Crippen LogP) is 2.91. The summed E-state index contributed by atoms with van der Waals surface area (Å²) in [5.41, 5.74) is 0.553. The smallest absolute Gasteiger partial charge is 0.257 e. The number of likely N-dealkylation sites (tertiary alicyclic amines) is 1. The molecule has 0 radical (unpaired) electrons. The number of ether oxygens (including phenoxy) is 1. The zero-order chi connectivity index (χ0) is 14.9. The van der Waals surface area contributed by atoms with Gasteiger partial charge in [0.2, 0.25) is 0 Å². The largest absolute Gasteiger partial charge is 0.507 e. The van der Waals surface area contributed by atoms with Crippen molar-refractivity contribution in [2.24, 2.45) is 11.3 Å². The summed E-state index contributed by atoms with van der Waals surface area (Å²) in [5, 5.41) is 9.95. The van der Waals surface area contributed by atoms with E-state index in [1.54, 1.807) is 12.1 Å². The molecular weight excluding hydrogens is 254 g/mol. The van der Waals surface area contributed by atoms with Gasteiger partial charge in [0.25, 0.3) is 5.91 Å². The maximum Gasteiger partial charge on any atom is 0.257 e. The van der Waals surface area contributed by atoms with Gasteiger partial charge in [-0.3, -0.25) is 4.79 Å². The number of carbonyl (C=O) groups excluding carboxylic acids is 1. The van der Waals surface area contributed by atoms with Gasteiger partial charge >= 0.3 is 0 Å². The second-order valence-electron chi connectivity index (χ2n) is 6.49. The van der Waals surface area contributed by atoms with E-state index >= 15 is 0 Å². The van der Waals surface area contributed by atoms with E-state index in [2.05, 4.69) is 20.8 Å². The van der Waals surface area contributed by atoms with Crippen LogP contribution in [0, 0.1) is 11.3 Å². The summed E-state index contributed by atoms with van der Waals surface area (Å²) in [5.74, 6) is 0.936. The fourth-order valence-corrected chi connectivity index (χ4v) is 2.64. The molecule has 1 saturated heterocycles. The highest BCUT2D eigenvalue weighted by molar-refractivity contribution is 5.97. The molecule has 1 aliphatic heterocycles. The van der Waals surface area contributed by atoms with Crippen molar-refractivity contribution in [3.8, 4) is 11.5 Å². The van der Waals surface area contributed by atoms with Crippen LogP contribution >= 0.6 is 0 Å². The van der Waals surface area contributed by atoms with E-state index in [0.717, 1.165) is 19.5 Å². The zero-order valence-electron chi connectivity index (χ0n) is 12.6. The average Bonchev–Trinajstić information content (AvgIpc) is 2.87. The molecule has 20 heavy (non-hydrogen) atoms. The molecule has 1 atom stereocenters. The van der Waals surface area contributed by atoms with Crippen molar-refractivity contribution in [3.63, 3.8) is 0 Å². The fourth-order valence-electron chi connectivity index (χ4n) is 2.64. The number of hydrogen-bond acceptors (Lipinski definition) is 3. The Morgan fingerprint density at radius 3 is 2.60 bits per heavy atom. The lowest BCUT2D eigenvalue weighted by molar-refractivity contribution is 0.0773. The maximum absolute atomic E-state index is 12.5. The number of carbonyl (C=O) groups is 1. The van der Waals surface area contributed by atoms with E-state index in [-0.39, 0.29) is 17.1 Å². The Balaban J connectivity index is 2.13. The highest BCUT2D eigenvalue weighted by Crippen LogP contribution is 2.35. The molecule has 0 saturated carbocycles. The first kappa shape index (κ1) is 14.7. The van der Waals surface area contributed by atoms with Crippen LogP contribution in [0.3, 0.4) is 0 Å². The Kier molecular flexibility index (Phi) is 3.93. The molecule has 1 fully saturated rings. The van der Waals surface area contributed by atoms with Gasteiger partial charge in [0.05, 0.1) is 12.7 Å². The van der Waals surface area contributed by atoms with Crippen LogP contribution in [-0.4, -0.2) is 36.1 Å². The van der Waals surface area contributed by atoms with Crippen molar-refractivity contribution in [1.29, 1.82) is 0 Å². The molecule has 4 nitrogen and oxygen atoms in total. The van der Waals surface area contributed by atoms with E-state index in [1.807, 2.05) is 4.90 Å². The van der Waals surface area contributed by atoms with Gasteiger partial charge in [0.1, 0.15) is 11.5 Å². The molecule has 0 bridgehead atoms. The Bertz CT molecular complexity index is 505. The Hall–Kier alpha value is -1.71. The Labute approximate surface area is 120 Å². The second kappa shape index (κ2) is 5.35. The lowest BCUT2D eigenvalue weighted by atomic mass is 9.80. The van der Waals surface area contributed by atoms with Gasteiger partial charge in [0.15, 0.2) is 0 Å². The first-order valence-corrected chi connectivity index (χ1v) is 6.99. The van der Waals surface area contributed by atoms with E-state index in [1.165, 1.54) is 13.2 Å². The van der Waals surface area contributed by atoms with Crippen LogP contribution in [0.2, 0.25) is 0 Å². The van der Waals surface area contributed by atoms with E-state index < -0.39 is 0 Å². The SMILES string of the molecule is COc1ccc(C(=O)N2CCC(C(C)(C)C)C2)c(O)c1. The van der Waals surface area contributed by atoms with Crippen molar-refractivity contribution in [2.75, 3.05) is 20.2 Å². The number of phenols is 1. The molecule has 1 aromatic carbocycles. The Morgan fingerprint density at radius 2 is 2.10 bits per heavy atom. The minimum Gasteiger partial charge on any atom is -0.507 e. The van der Waals surface area contributed by atoms with Gasteiger partial charge in [-0.05, 0) is 29.9 Å². The predicted molar refractivity (Wildman–Crippen MR) is 78.1 cm³/mol. The standard InChI is InChI=1S/C16H23NO3/c1-16(2,3)11-7-8-17(10-11)15(19)13-6-5-12(20-4)9-14(13)18/h5-6,9,11,18H,7-8,10H2,1-4H3. The summed E-state index contributed by atoms with van der Waals surface area (Å²) in [4.78, 5) is 14.3. The minimum absolute atomic E-state index is 0.0199. The summed E-state index contributed by atoms with van der Waals surface area (Å²) in [7, 11) is 1.53. The maximum atomic E-state index is 12.5.